The maximum atomic E-state index is 12.1. The van der Waals surface area contributed by atoms with Crippen molar-refractivity contribution in [2.75, 3.05) is 6.61 Å². The number of hydrogen-bond acceptors (Lipinski definition) is 4. The number of carbonyl (C=O) groups is 1. The Hall–Kier alpha value is -1.58. The average molecular weight is 258 g/mol. The van der Waals surface area contributed by atoms with Gasteiger partial charge in [-0.1, -0.05) is 6.07 Å². The smallest absolute Gasteiger partial charge is 0.316 e. The molecule has 2 aliphatic rings. The second-order valence-corrected chi connectivity index (χ2v) is 5.57. The lowest BCUT2D eigenvalue weighted by atomic mass is 9.76. The molecule has 0 radical (unpaired) electrons. The molecule has 0 atom stereocenters. The summed E-state index contributed by atoms with van der Waals surface area (Å²) in [7, 11) is 3.73. The fraction of sp³-hybridized carbons (Fsp3) is 0.462. The van der Waals surface area contributed by atoms with Crippen molar-refractivity contribution < 1.29 is 19.0 Å². The van der Waals surface area contributed by atoms with Gasteiger partial charge in [0, 0.05) is 0 Å². The molecule has 1 fully saturated rings. The first kappa shape index (κ1) is 12.5. The maximum Gasteiger partial charge on any atom is 0.316 e. The van der Waals surface area contributed by atoms with Crippen molar-refractivity contribution in [3.05, 3.63) is 23.8 Å². The number of hydrogen-bond donors (Lipinski definition) is 0. The zero-order valence-corrected chi connectivity index (χ0v) is 11.5. The Morgan fingerprint density at radius 1 is 1.32 bits per heavy atom. The average Bonchev–Trinajstić information content (AvgIpc) is 3.07. The van der Waals surface area contributed by atoms with Gasteiger partial charge in [0.2, 0.25) is 0 Å². The molecule has 0 spiro atoms. The summed E-state index contributed by atoms with van der Waals surface area (Å²) in [5.74, 6) is 1.31. The van der Waals surface area contributed by atoms with E-state index in [9.17, 15) is 4.79 Å². The van der Waals surface area contributed by atoms with Crippen LogP contribution in [0, 0.1) is 0 Å². The summed E-state index contributed by atoms with van der Waals surface area (Å²) < 4.78 is 16.5. The van der Waals surface area contributed by atoms with Gasteiger partial charge >= 0.3 is 5.97 Å². The summed E-state index contributed by atoms with van der Waals surface area (Å²) >= 11 is 0. The first-order valence-electron chi connectivity index (χ1n) is 6.67. The van der Waals surface area contributed by atoms with Gasteiger partial charge in [0.1, 0.15) is 0 Å². The second kappa shape index (κ2) is 3.95. The van der Waals surface area contributed by atoms with Gasteiger partial charge in [-0.3, -0.25) is 4.79 Å². The van der Waals surface area contributed by atoms with Gasteiger partial charge in [-0.15, -0.1) is 0 Å². The zero-order valence-electron chi connectivity index (χ0n) is 11.5. The minimum atomic E-state index is -0.637. The lowest BCUT2D eigenvalue weighted by Gasteiger charge is -2.17. The maximum absolute atomic E-state index is 12.1. The molecule has 0 aromatic heterocycles. The third-order valence-electron chi connectivity index (χ3n) is 3.62. The summed E-state index contributed by atoms with van der Waals surface area (Å²) in [5.41, 5.74) is -0.131. The minimum Gasteiger partial charge on any atom is -0.467 e. The lowest BCUT2D eigenvalue weighted by Crippen LogP contribution is -2.39. The van der Waals surface area contributed by atoms with Crippen LogP contribution in [-0.2, 0) is 14.9 Å². The van der Waals surface area contributed by atoms with Gasteiger partial charge in [-0.25, -0.2) is 0 Å². The van der Waals surface area contributed by atoms with E-state index in [-0.39, 0.29) is 5.97 Å². The Morgan fingerprint density at radius 3 is 2.63 bits per heavy atom. The van der Waals surface area contributed by atoms with Crippen molar-refractivity contribution in [1.82, 2.24) is 0 Å². The highest BCUT2D eigenvalue weighted by molar-refractivity contribution is 6.38. The number of fused-ring (bicyclic) bond motifs is 1. The van der Waals surface area contributed by atoms with Gasteiger partial charge < -0.3 is 14.2 Å². The molecule has 0 N–H and O–H groups in total. The Bertz CT molecular complexity index is 537. The molecule has 1 saturated carbocycles. The van der Waals surface area contributed by atoms with Crippen molar-refractivity contribution in [3.63, 3.8) is 0 Å². The van der Waals surface area contributed by atoms with Gasteiger partial charge in [-0.2, -0.15) is 0 Å². The van der Waals surface area contributed by atoms with E-state index in [1.807, 2.05) is 40.8 Å². The topological polar surface area (TPSA) is 44.8 Å². The molecule has 0 bridgehead atoms. The van der Waals surface area contributed by atoms with Gasteiger partial charge in [-0.05, 0) is 37.5 Å². The van der Waals surface area contributed by atoms with E-state index in [0.717, 1.165) is 24.2 Å². The molecular formula is C13H16B2O4. The van der Waals surface area contributed by atoms with E-state index in [4.69, 9.17) is 14.2 Å². The number of carbonyl (C=O) groups excluding carboxylic acids is 1. The number of benzene rings is 1. The van der Waals surface area contributed by atoms with Crippen LogP contribution in [0.3, 0.4) is 0 Å². The van der Waals surface area contributed by atoms with E-state index in [1.54, 1.807) is 0 Å². The third-order valence-corrected chi connectivity index (χ3v) is 3.62. The molecule has 0 saturated heterocycles. The van der Waals surface area contributed by atoms with Crippen molar-refractivity contribution in [2.45, 2.75) is 30.8 Å². The highest BCUT2D eigenvalue weighted by Gasteiger charge is 2.53. The molecule has 1 aliphatic heterocycles. The van der Waals surface area contributed by atoms with Crippen LogP contribution < -0.4 is 9.47 Å². The van der Waals surface area contributed by atoms with Crippen LogP contribution >= 0.6 is 0 Å². The molecule has 0 amide bonds. The van der Waals surface area contributed by atoms with Crippen LogP contribution in [0.25, 0.3) is 0 Å². The van der Waals surface area contributed by atoms with Crippen LogP contribution in [0.4, 0.5) is 0 Å². The molecule has 4 nitrogen and oxygen atoms in total. The van der Waals surface area contributed by atoms with E-state index in [2.05, 4.69) is 0 Å². The highest BCUT2D eigenvalue weighted by atomic mass is 16.7. The van der Waals surface area contributed by atoms with Gasteiger partial charge in [0.25, 0.3) is 0 Å². The predicted octanol–water partition coefficient (Wildman–Crippen LogP) is -0.0700. The van der Waals surface area contributed by atoms with Gasteiger partial charge in [0.05, 0.1) is 12.0 Å². The van der Waals surface area contributed by atoms with E-state index < -0.39 is 11.0 Å². The molecule has 19 heavy (non-hydrogen) atoms. The Labute approximate surface area is 114 Å². The monoisotopic (exact) mass is 258 g/mol. The normalized spacial score (nSPS) is 20.9. The van der Waals surface area contributed by atoms with Crippen LogP contribution in [0.15, 0.2) is 18.2 Å². The fourth-order valence-corrected chi connectivity index (χ4v) is 2.53. The minimum absolute atomic E-state index is 0.131. The second-order valence-electron chi connectivity index (χ2n) is 5.57. The number of rotatable bonds is 3. The molecule has 98 valence electrons. The summed E-state index contributed by atoms with van der Waals surface area (Å²) in [6.07, 6.45) is 1.68. The van der Waals surface area contributed by atoms with Crippen molar-refractivity contribution in [3.8, 4) is 11.5 Å². The van der Waals surface area contributed by atoms with Gasteiger partial charge in [0.15, 0.2) is 32.8 Å². The van der Waals surface area contributed by atoms with E-state index in [0.29, 0.717) is 12.4 Å². The number of esters is 1. The Kier molecular flexibility index (Phi) is 2.59. The Balaban J connectivity index is 1.91. The summed E-state index contributed by atoms with van der Waals surface area (Å²) in [6.45, 7) is 2.24. The molecule has 6 heteroatoms. The standard InChI is InChI=1S/C13H16B2O4/c1-2-17-11(16)12(5-6-12)8-3-4-9-10(7-8)19-13(14,15)18-9/h3-4,7H,2,5-6,14-15H2,1H3. The molecule has 1 aliphatic carbocycles. The quantitative estimate of drug-likeness (QED) is 0.562. The largest absolute Gasteiger partial charge is 0.467 e. The molecule has 1 heterocycles. The van der Waals surface area contributed by atoms with E-state index >= 15 is 0 Å². The highest BCUT2D eigenvalue weighted by Crippen LogP contribution is 2.51. The summed E-state index contributed by atoms with van der Waals surface area (Å²) in [4.78, 5) is 12.1. The molecule has 1 aromatic rings. The first-order chi connectivity index (χ1) is 8.97. The predicted molar refractivity (Wildman–Crippen MR) is 75.1 cm³/mol. The van der Waals surface area contributed by atoms with Crippen LogP contribution in [-0.4, -0.2) is 33.9 Å². The SMILES string of the molecule is BC1(B)Oc2ccc(C3(C(=O)OCC)CC3)cc2O1. The zero-order chi connectivity index (χ0) is 13.7. The first-order valence-corrected chi connectivity index (χ1v) is 6.67. The van der Waals surface area contributed by atoms with E-state index in [1.165, 1.54) is 0 Å². The lowest BCUT2D eigenvalue weighted by molar-refractivity contribution is -0.146. The summed E-state index contributed by atoms with van der Waals surface area (Å²) in [6, 6.07) is 5.72. The molecule has 0 unspecified atom stereocenters. The van der Waals surface area contributed by atoms with Crippen LogP contribution in [0.1, 0.15) is 25.3 Å². The van der Waals surface area contributed by atoms with Crippen LogP contribution in [0.2, 0.25) is 0 Å². The molecule has 3 rings (SSSR count). The van der Waals surface area contributed by atoms with Crippen molar-refractivity contribution >= 4 is 21.7 Å². The van der Waals surface area contributed by atoms with Crippen molar-refractivity contribution in [2.24, 2.45) is 0 Å². The van der Waals surface area contributed by atoms with Crippen LogP contribution in [0.5, 0.6) is 11.5 Å². The number of ether oxygens (including phenoxy) is 3. The molecular weight excluding hydrogens is 242 g/mol. The van der Waals surface area contributed by atoms with Crippen molar-refractivity contribution in [1.29, 1.82) is 0 Å². The Morgan fingerprint density at radius 2 is 2.00 bits per heavy atom. The third kappa shape index (κ3) is 1.99. The fourth-order valence-electron chi connectivity index (χ4n) is 2.53. The summed E-state index contributed by atoms with van der Waals surface area (Å²) in [5, 5.41) is 0. The molecule has 1 aromatic carbocycles.